The van der Waals surface area contributed by atoms with Crippen LogP contribution in [0.5, 0.6) is 0 Å². The van der Waals surface area contributed by atoms with E-state index >= 15 is 0 Å². The van der Waals surface area contributed by atoms with E-state index < -0.39 is 47.3 Å². The monoisotopic (exact) mass is 549 g/mol. The zero-order valence-electron chi connectivity index (χ0n) is 21.2. The average molecular weight is 550 g/mol. The molecule has 4 rings (SSSR count). The molecule has 4 nitrogen and oxygen atoms in total. The van der Waals surface area contributed by atoms with E-state index in [1.807, 2.05) is 18.4 Å². The number of esters is 1. The maximum atomic E-state index is 14.5. The van der Waals surface area contributed by atoms with Gasteiger partial charge in [-0.05, 0) is 71.5 Å². The van der Waals surface area contributed by atoms with Crippen molar-refractivity contribution in [3.63, 3.8) is 0 Å². The lowest BCUT2D eigenvalue weighted by atomic mass is 9.75. The first kappa shape index (κ1) is 28.0. The average Bonchev–Trinajstić information content (AvgIpc) is 2.90. The summed E-state index contributed by atoms with van der Waals surface area (Å²) in [5.41, 5.74) is 1.44. The number of para-hydroxylation sites is 1. The maximum absolute atomic E-state index is 14.5. The number of hydrogen-bond acceptors (Lipinski definition) is 4. The molecule has 8 heteroatoms. The SMILES string of the molecule is CSc1ccccc1NC(=O)C(C(OC(C)=O)c1cccc(F)c1)C(c1cccc(F)c1)c1cccc(F)c1. The van der Waals surface area contributed by atoms with Crippen LogP contribution in [0.15, 0.2) is 102 Å². The van der Waals surface area contributed by atoms with Gasteiger partial charge < -0.3 is 10.1 Å². The molecule has 4 aromatic rings. The fourth-order valence-corrected chi connectivity index (χ4v) is 5.20. The molecule has 39 heavy (non-hydrogen) atoms. The molecule has 0 saturated heterocycles. The van der Waals surface area contributed by atoms with Crippen molar-refractivity contribution in [3.05, 3.63) is 131 Å². The Hall–Kier alpha value is -4.04. The number of halogens is 3. The van der Waals surface area contributed by atoms with Gasteiger partial charge in [0.2, 0.25) is 5.91 Å². The van der Waals surface area contributed by atoms with Crippen LogP contribution >= 0.6 is 11.8 Å². The normalized spacial score (nSPS) is 12.6. The Morgan fingerprint density at radius 1 is 0.744 bits per heavy atom. The van der Waals surface area contributed by atoms with Crippen LogP contribution in [0.3, 0.4) is 0 Å². The quantitative estimate of drug-likeness (QED) is 0.173. The number of carbonyl (C=O) groups is 2. The number of anilines is 1. The number of thioether (sulfide) groups is 1. The number of amides is 1. The Labute approximate surface area is 229 Å². The van der Waals surface area contributed by atoms with E-state index in [9.17, 15) is 22.8 Å². The zero-order chi connectivity index (χ0) is 27.9. The molecule has 0 aliphatic rings. The van der Waals surface area contributed by atoms with Gasteiger partial charge in [-0.25, -0.2) is 13.2 Å². The molecule has 200 valence electrons. The van der Waals surface area contributed by atoms with Gasteiger partial charge >= 0.3 is 5.97 Å². The smallest absolute Gasteiger partial charge is 0.303 e. The van der Waals surface area contributed by atoms with Crippen LogP contribution in [0.1, 0.15) is 35.6 Å². The van der Waals surface area contributed by atoms with Crippen LogP contribution in [-0.4, -0.2) is 18.1 Å². The Bertz CT molecular complexity index is 1430. The van der Waals surface area contributed by atoms with Crippen LogP contribution < -0.4 is 5.32 Å². The molecule has 0 aliphatic carbocycles. The summed E-state index contributed by atoms with van der Waals surface area (Å²) < 4.78 is 49.1. The van der Waals surface area contributed by atoms with Gasteiger partial charge in [-0.15, -0.1) is 11.8 Å². The van der Waals surface area contributed by atoms with E-state index in [1.165, 1.54) is 73.3 Å². The van der Waals surface area contributed by atoms with Crippen molar-refractivity contribution < 1.29 is 27.5 Å². The molecule has 2 unspecified atom stereocenters. The topological polar surface area (TPSA) is 55.4 Å². The zero-order valence-corrected chi connectivity index (χ0v) is 22.1. The van der Waals surface area contributed by atoms with Crippen molar-refractivity contribution >= 4 is 29.3 Å². The van der Waals surface area contributed by atoms with Gasteiger partial charge in [-0.1, -0.05) is 48.5 Å². The number of carbonyl (C=O) groups excluding carboxylic acids is 2. The van der Waals surface area contributed by atoms with Gasteiger partial charge in [0, 0.05) is 17.7 Å². The molecule has 0 radical (unpaired) electrons. The van der Waals surface area contributed by atoms with Gasteiger partial charge in [0.25, 0.3) is 0 Å². The van der Waals surface area contributed by atoms with E-state index in [1.54, 1.807) is 30.3 Å². The summed E-state index contributed by atoms with van der Waals surface area (Å²) >= 11 is 1.42. The first-order valence-electron chi connectivity index (χ1n) is 12.1. The minimum Gasteiger partial charge on any atom is -0.457 e. The first-order valence-corrected chi connectivity index (χ1v) is 13.4. The van der Waals surface area contributed by atoms with Crippen molar-refractivity contribution in [2.24, 2.45) is 5.92 Å². The van der Waals surface area contributed by atoms with E-state index in [0.29, 0.717) is 16.8 Å². The van der Waals surface area contributed by atoms with E-state index in [0.717, 1.165) is 4.90 Å². The van der Waals surface area contributed by atoms with Crippen molar-refractivity contribution in [2.75, 3.05) is 11.6 Å². The Kier molecular flexibility index (Phi) is 9.09. The highest BCUT2D eigenvalue weighted by Crippen LogP contribution is 2.43. The lowest BCUT2D eigenvalue weighted by Crippen LogP contribution is -2.36. The van der Waals surface area contributed by atoms with Crippen LogP contribution in [0, 0.1) is 23.4 Å². The Morgan fingerprint density at radius 2 is 1.26 bits per heavy atom. The van der Waals surface area contributed by atoms with Crippen LogP contribution in [0.4, 0.5) is 18.9 Å². The van der Waals surface area contributed by atoms with Crippen molar-refractivity contribution in [1.82, 2.24) is 0 Å². The molecule has 0 aliphatic heterocycles. The molecule has 2 atom stereocenters. The summed E-state index contributed by atoms with van der Waals surface area (Å²) in [6, 6.07) is 23.8. The van der Waals surface area contributed by atoms with E-state index in [2.05, 4.69) is 5.32 Å². The second-order valence-corrected chi connectivity index (χ2v) is 9.74. The highest BCUT2D eigenvalue weighted by atomic mass is 32.2. The van der Waals surface area contributed by atoms with Crippen molar-refractivity contribution in [3.8, 4) is 0 Å². The minimum atomic E-state index is -1.30. The molecule has 0 aromatic heterocycles. The molecule has 0 bridgehead atoms. The summed E-state index contributed by atoms with van der Waals surface area (Å²) in [7, 11) is 0. The van der Waals surface area contributed by atoms with Gasteiger partial charge in [0.05, 0.1) is 11.6 Å². The number of nitrogens with one attached hydrogen (secondary N) is 1. The maximum Gasteiger partial charge on any atom is 0.303 e. The molecular formula is C31H26F3NO3S. The van der Waals surface area contributed by atoms with Gasteiger partial charge in [-0.2, -0.15) is 0 Å². The minimum absolute atomic E-state index is 0.223. The Morgan fingerprint density at radius 3 is 1.77 bits per heavy atom. The lowest BCUT2D eigenvalue weighted by molar-refractivity contribution is -0.151. The first-order chi connectivity index (χ1) is 18.8. The van der Waals surface area contributed by atoms with E-state index in [4.69, 9.17) is 4.74 Å². The van der Waals surface area contributed by atoms with Crippen molar-refractivity contribution in [1.29, 1.82) is 0 Å². The largest absolute Gasteiger partial charge is 0.457 e. The van der Waals surface area contributed by atoms with E-state index in [-0.39, 0.29) is 5.56 Å². The number of ether oxygens (including phenoxy) is 1. The summed E-state index contributed by atoms with van der Waals surface area (Å²) in [5.74, 6) is -5.23. The second-order valence-electron chi connectivity index (χ2n) is 8.89. The number of rotatable bonds is 9. The summed E-state index contributed by atoms with van der Waals surface area (Å²) in [5, 5.41) is 2.92. The fraction of sp³-hybridized carbons (Fsp3) is 0.161. The molecule has 1 amide bonds. The summed E-state index contributed by atoms with van der Waals surface area (Å²) in [6.45, 7) is 1.18. The predicted octanol–water partition coefficient (Wildman–Crippen LogP) is 7.52. The predicted molar refractivity (Wildman–Crippen MR) is 146 cm³/mol. The van der Waals surface area contributed by atoms with Crippen LogP contribution in [-0.2, 0) is 14.3 Å². The lowest BCUT2D eigenvalue weighted by Gasteiger charge is -2.33. The standard InChI is InChI=1S/C31H26F3NO3S/c1-19(36)38-30(22-10-7-13-25(34)18-22)29(31(37)35-26-14-3-4-15-27(26)39-2)28(20-8-5-11-23(32)16-20)21-9-6-12-24(33)17-21/h3-18,28-30H,1-2H3,(H,35,37). The fourth-order valence-electron chi connectivity index (χ4n) is 4.65. The molecule has 1 N–H and O–H groups in total. The third-order valence-corrected chi connectivity index (χ3v) is 7.03. The van der Waals surface area contributed by atoms with Crippen molar-refractivity contribution in [2.45, 2.75) is 23.8 Å². The molecule has 0 spiro atoms. The third kappa shape index (κ3) is 6.89. The van der Waals surface area contributed by atoms with Gasteiger partial charge in [0.15, 0.2) is 0 Å². The van der Waals surface area contributed by atoms with Crippen LogP contribution in [0.2, 0.25) is 0 Å². The van der Waals surface area contributed by atoms with Gasteiger partial charge in [-0.3, -0.25) is 9.59 Å². The van der Waals surface area contributed by atoms with Gasteiger partial charge in [0.1, 0.15) is 23.6 Å². The second kappa shape index (κ2) is 12.7. The summed E-state index contributed by atoms with van der Waals surface area (Å²) in [6.07, 6.45) is 0.565. The highest BCUT2D eigenvalue weighted by molar-refractivity contribution is 7.98. The number of benzene rings is 4. The molecule has 0 fully saturated rings. The Balaban J connectivity index is 1.96. The molecule has 0 saturated carbocycles. The highest BCUT2D eigenvalue weighted by Gasteiger charge is 2.41. The number of hydrogen-bond donors (Lipinski definition) is 1. The molecular weight excluding hydrogens is 523 g/mol. The third-order valence-electron chi connectivity index (χ3n) is 6.24. The molecule has 4 aromatic carbocycles. The summed E-state index contributed by atoms with van der Waals surface area (Å²) in [4.78, 5) is 27.3. The molecule has 0 heterocycles. The van der Waals surface area contributed by atoms with Crippen LogP contribution in [0.25, 0.3) is 0 Å².